The second-order valence-corrected chi connectivity index (χ2v) is 4.81. The lowest BCUT2D eigenvalue weighted by molar-refractivity contribution is -0.385. The van der Waals surface area contributed by atoms with Crippen LogP contribution < -0.4 is 11.1 Å². The molecule has 0 aromatic carbocycles. The SMILES string of the molecule is CCC(CC)(CN)NC(=O)c1cc(Cl)ncc1[N+](=O)[O-]. The highest BCUT2D eigenvalue weighted by molar-refractivity contribution is 6.29. The minimum absolute atomic E-state index is 0.0205. The van der Waals surface area contributed by atoms with Gasteiger partial charge in [0.25, 0.3) is 11.6 Å². The van der Waals surface area contributed by atoms with Crippen molar-refractivity contribution in [2.45, 2.75) is 32.2 Å². The highest BCUT2D eigenvalue weighted by Crippen LogP contribution is 2.22. The summed E-state index contributed by atoms with van der Waals surface area (Å²) in [6, 6.07) is 1.18. The molecule has 0 saturated heterocycles. The number of hydrogen-bond acceptors (Lipinski definition) is 5. The Morgan fingerprint density at radius 3 is 2.60 bits per heavy atom. The molecule has 7 nitrogen and oxygen atoms in total. The van der Waals surface area contributed by atoms with Crippen LogP contribution in [0, 0.1) is 10.1 Å². The van der Waals surface area contributed by atoms with E-state index in [0.29, 0.717) is 12.8 Å². The van der Waals surface area contributed by atoms with Crippen molar-refractivity contribution in [1.29, 1.82) is 0 Å². The monoisotopic (exact) mass is 300 g/mol. The van der Waals surface area contributed by atoms with Gasteiger partial charge in [-0.3, -0.25) is 14.9 Å². The Hall–Kier alpha value is -1.73. The lowest BCUT2D eigenvalue weighted by Gasteiger charge is -2.31. The first kappa shape index (κ1) is 16.3. The molecule has 0 spiro atoms. The summed E-state index contributed by atoms with van der Waals surface area (Å²) >= 11 is 5.70. The molecule has 110 valence electrons. The molecule has 1 rings (SSSR count). The van der Waals surface area contributed by atoms with Gasteiger partial charge in [0.05, 0.1) is 10.5 Å². The van der Waals surface area contributed by atoms with Crippen LogP contribution >= 0.6 is 11.6 Å². The van der Waals surface area contributed by atoms with E-state index in [2.05, 4.69) is 10.3 Å². The Balaban J connectivity index is 3.15. The number of hydrogen-bond donors (Lipinski definition) is 2. The molecule has 0 aliphatic carbocycles. The van der Waals surface area contributed by atoms with Crippen molar-refractivity contribution in [3.05, 3.63) is 33.1 Å². The summed E-state index contributed by atoms with van der Waals surface area (Å²) in [5, 5.41) is 13.7. The van der Waals surface area contributed by atoms with Gasteiger partial charge in [-0.05, 0) is 18.9 Å². The van der Waals surface area contributed by atoms with Gasteiger partial charge in [0, 0.05) is 6.54 Å². The molecule has 0 atom stereocenters. The smallest absolute Gasteiger partial charge is 0.300 e. The average molecular weight is 301 g/mol. The quantitative estimate of drug-likeness (QED) is 0.473. The van der Waals surface area contributed by atoms with Gasteiger partial charge in [0.1, 0.15) is 16.9 Å². The Kier molecular flexibility index (Phi) is 5.41. The molecule has 1 aromatic heterocycles. The number of carbonyl (C=O) groups excluding carboxylic acids is 1. The molecule has 0 fully saturated rings. The predicted octanol–water partition coefficient (Wildman–Crippen LogP) is 1.89. The average Bonchev–Trinajstić information content (AvgIpc) is 2.44. The summed E-state index contributed by atoms with van der Waals surface area (Å²) in [7, 11) is 0. The first-order valence-electron chi connectivity index (χ1n) is 6.21. The maximum absolute atomic E-state index is 12.3. The van der Waals surface area contributed by atoms with Crippen LogP contribution in [0.4, 0.5) is 5.69 Å². The van der Waals surface area contributed by atoms with Crippen LogP contribution in [0.15, 0.2) is 12.3 Å². The van der Waals surface area contributed by atoms with E-state index in [1.54, 1.807) is 0 Å². The third-order valence-electron chi connectivity index (χ3n) is 3.41. The van der Waals surface area contributed by atoms with Crippen LogP contribution in [0.2, 0.25) is 5.15 Å². The van der Waals surface area contributed by atoms with E-state index in [4.69, 9.17) is 17.3 Å². The molecular formula is C12H17ClN4O3. The van der Waals surface area contributed by atoms with Crippen molar-refractivity contribution in [2.75, 3.05) is 6.54 Å². The first-order chi connectivity index (χ1) is 9.39. The van der Waals surface area contributed by atoms with Crippen molar-refractivity contribution < 1.29 is 9.72 Å². The molecule has 0 saturated carbocycles. The minimum atomic E-state index is -0.666. The van der Waals surface area contributed by atoms with Gasteiger partial charge < -0.3 is 11.1 Å². The molecule has 8 heteroatoms. The maximum Gasteiger partial charge on any atom is 0.300 e. The summed E-state index contributed by atoms with van der Waals surface area (Å²) < 4.78 is 0. The van der Waals surface area contributed by atoms with E-state index < -0.39 is 16.4 Å². The van der Waals surface area contributed by atoms with E-state index >= 15 is 0 Å². The van der Waals surface area contributed by atoms with Gasteiger partial charge in [0.2, 0.25) is 0 Å². The molecule has 1 aromatic rings. The molecule has 3 N–H and O–H groups in total. The van der Waals surface area contributed by atoms with Crippen LogP contribution in [0.25, 0.3) is 0 Å². The molecule has 1 amide bonds. The normalized spacial score (nSPS) is 11.2. The summed E-state index contributed by atoms with van der Waals surface area (Å²) in [5.74, 6) is -0.574. The second kappa shape index (κ2) is 6.62. The number of carbonyl (C=O) groups is 1. The van der Waals surface area contributed by atoms with Crippen LogP contribution in [0.5, 0.6) is 0 Å². The number of pyridine rings is 1. The number of nitrogens with zero attached hydrogens (tertiary/aromatic N) is 2. The number of nitrogens with two attached hydrogens (primary N) is 1. The fourth-order valence-corrected chi connectivity index (χ4v) is 1.98. The lowest BCUT2D eigenvalue weighted by atomic mass is 9.92. The maximum atomic E-state index is 12.3. The molecule has 20 heavy (non-hydrogen) atoms. The van der Waals surface area contributed by atoms with Crippen molar-refractivity contribution in [2.24, 2.45) is 5.73 Å². The van der Waals surface area contributed by atoms with Crippen LogP contribution in [-0.4, -0.2) is 27.9 Å². The fourth-order valence-electron chi connectivity index (χ4n) is 1.82. The third kappa shape index (κ3) is 3.43. The summed E-state index contributed by atoms with van der Waals surface area (Å²) in [6.07, 6.45) is 2.22. The summed E-state index contributed by atoms with van der Waals surface area (Å²) in [4.78, 5) is 26.1. The van der Waals surface area contributed by atoms with E-state index in [1.165, 1.54) is 6.07 Å². The Morgan fingerprint density at radius 2 is 2.15 bits per heavy atom. The van der Waals surface area contributed by atoms with Crippen molar-refractivity contribution in [3.8, 4) is 0 Å². The highest BCUT2D eigenvalue weighted by atomic mass is 35.5. The standard InChI is InChI=1S/C12H17ClN4O3/c1-3-12(4-2,7-14)16-11(18)8-5-10(13)15-6-9(8)17(19)20/h5-6H,3-4,7,14H2,1-2H3,(H,16,18). The predicted molar refractivity (Wildman–Crippen MR) is 75.7 cm³/mol. The molecule has 0 bridgehead atoms. The third-order valence-corrected chi connectivity index (χ3v) is 3.62. The second-order valence-electron chi connectivity index (χ2n) is 4.43. The Bertz CT molecular complexity index is 509. The number of amides is 1. The van der Waals surface area contributed by atoms with Crippen LogP contribution in [-0.2, 0) is 0 Å². The lowest BCUT2D eigenvalue weighted by Crippen LogP contribution is -2.53. The molecule has 0 radical (unpaired) electrons. The van der Waals surface area contributed by atoms with Gasteiger partial charge in [-0.2, -0.15) is 0 Å². The minimum Gasteiger partial charge on any atom is -0.345 e. The van der Waals surface area contributed by atoms with E-state index in [-0.39, 0.29) is 22.9 Å². The molecule has 0 aliphatic heterocycles. The van der Waals surface area contributed by atoms with Gasteiger partial charge in [-0.1, -0.05) is 25.4 Å². The van der Waals surface area contributed by atoms with E-state index in [9.17, 15) is 14.9 Å². The number of nitrogens with one attached hydrogen (secondary N) is 1. The molecule has 0 aliphatic rings. The van der Waals surface area contributed by atoms with Gasteiger partial charge in [-0.15, -0.1) is 0 Å². The number of aromatic nitrogens is 1. The van der Waals surface area contributed by atoms with E-state index in [0.717, 1.165) is 6.20 Å². The van der Waals surface area contributed by atoms with Gasteiger partial charge >= 0.3 is 0 Å². The van der Waals surface area contributed by atoms with Crippen molar-refractivity contribution in [3.63, 3.8) is 0 Å². The van der Waals surface area contributed by atoms with Gasteiger partial charge in [0.15, 0.2) is 0 Å². The zero-order chi connectivity index (χ0) is 15.3. The largest absolute Gasteiger partial charge is 0.345 e. The number of rotatable bonds is 6. The fraction of sp³-hybridized carbons (Fsp3) is 0.500. The van der Waals surface area contributed by atoms with Crippen LogP contribution in [0.3, 0.4) is 0 Å². The Labute approximate surface area is 121 Å². The molecular weight excluding hydrogens is 284 g/mol. The van der Waals surface area contributed by atoms with E-state index in [1.807, 2.05) is 13.8 Å². The topological polar surface area (TPSA) is 111 Å². The first-order valence-corrected chi connectivity index (χ1v) is 6.59. The molecule has 1 heterocycles. The zero-order valence-corrected chi connectivity index (χ0v) is 12.1. The highest BCUT2D eigenvalue weighted by Gasteiger charge is 2.30. The summed E-state index contributed by atoms with van der Waals surface area (Å²) in [6.45, 7) is 4.04. The van der Waals surface area contributed by atoms with Crippen LogP contribution in [0.1, 0.15) is 37.0 Å². The molecule has 0 unspecified atom stereocenters. The van der Waals surface area contributed by atoms with Gasteiger partial charge in [-0.25, -0.2) is 4.98 Å². The Morgan fingerprint density at radius 1 is 1.55 bits per heavy atom. The van der Waals surface area contributed by atoms with Crippen molar-refractivity contribution >= 4 is 23.2 Å². The summed E-state index contributed by atoms with van der Waals surface area (Å²) in [5.41, 5.74) is 4.61. The zero-order valence-electron chi connectivity index (χ0n) is 11.4. The number of nitro groups is 1. The number of halogens is 1. The van der Waals surface area contributed by atoms with Crippen molar-refractivity contribution in [1.82, 2.24) is 10.3 Å².